The van der Waals surface area contributed by atoms with Crippen LogP contribution in [0.3, 0.4) is 0 Å². The number of aryl methyl sites for hydroxylation is 1. The number of ether oxygens (including phenoxy) is 2. The van der Waals surface area contributed by atoms with E-state index in [0.29, 0.717) is 61.4 Å². The maximum atomic E-state index is 13.0. The Morgan fingerprint density at radius 3 is 2.44 bits per heavy atom. The molecule has 0 unspecified atom stereocenters. The van der Waals surface area contributed by atoms with E-state index in [2.05, 4.69) is 34.8 Å². The van der Waals surface area contributed by atoms with Crippen LogP contribution in [0.1, 0.15) is 57.1 Å². The summed E-state index contributed by atoms with van der Waals surface area (Å²) in [7, 11) is 6.91. The number of methoxy groups -OCH3 is 1. The van der Waals surface area contributed by atoms with Gasteiger partial charge in [-0.25, -0.2) is 0 Å². The Bertz CT molecular complexity index is 1250. The second kappa shape index (κ2) is 20.3. The SMILES string of the molecule is CN=C(N)Nc1cc(C[C@H](/C=C/C(=O)CCc2ccc(O)c(OC)c2)[C@H](C)CCC[C@H](C)CCNC)cc(OCCNC)c1O. The van der Waals surface area contributed by atoms with Gasteiger partial charge in [-0.05, 0) is 99.1 Å². The number of aliphatic imine (C=N–C) groups is 1. The van der Waals surface area contributed by atoms with E-state index in [4.69, 9.17) is 15.2 Å². The average molecular weight is 626 g/mol. The van der Waals surface area contributed by atoms with E-state index in [1.165, 1.54) is 7.11 Å². The minimum absolute atomic E-state index is 0.0295. The number of carbonyl (C=O) groups excluding carboxylic acids is 1. The zero-order chi connectivity index (χ0) is 33.2. The molecule has 0 saturated heterocycles. The molecule has 0 radical (unpaired) electrons. The predicted octanol–water partition coefficient (Wildman–Crippen LogP) is 5.03. The molecule has 0 heterocycles. The number of hydrogen-bond acceptors (Lipinski definition) is 8. The smallest absolute Gasteiger partial charge is 0.192 e. The minimum Gasteiger partial charge on any atom is -0.504 e. The third-order valence-corrected chi connectivity index (χ3v) is 8.13. The Hall–Kier alpha value is -3.76. The van der Waals surface area contributed by atoms with Crippen molar-refractivity contribution < 1.29 is 24.5 Å². The van der Waals surface area contributed by atoms with E-state index in [1.807, 2.05) is 32.3 Å². The lowest BCUT2D eigenvalue weighted by Crippen LogP contribution is -2.22. The summed E-state index contributed by atoms with van der Waals surface area (Å²) in [5.41, 5.74) is 8.23. The van der Waals surface area contributed by atoms with Gasteiger partial charge in [-0.3, -0.25) is 9.79 Å². The topological polar surface area (TPSA) is 150 Å². The monoisotopic (exact) mass is 625 g/mol. The molecule has 2 aromatic carbocycles. The van der Waals surface area contributed by atoms with Gasteiger partial charge in [-0.2, -0.15) is 0 Å². The number of nitrogens with zero attached hydrogens (tertiary/aromatic N) is 1. The van der Waals surface area contributed by atoms with Crippen molar-refractivity contribution in [3.8, 4) is 23.0 Å². The van der Waals surface area contributed by atoms with Crippen LogP contribution in [0, 0.1) is 17.8 Å². The molecule has 0 bridgehead atoms. The molecule has 0 spiro atoms. The molecule has 0 aliphatic heterocycles. The van der Waals surface area contributed by atoms with E-state index in [0.717, 1.165) is 43.4 Å². The highest BCUT2D eigenvalue weighted by Crippen LogP contribution is 2.37. The number of aromatic hydroxyl groups is 2. The van der Waals surface area contributed by atoms with Crippen LogP contribution in [0.15, 0.2) is 47.5 Å². The number of anilines is 1. The van der Waals surface area contributed by atoms with Crippen molar-refractivity contribution in [3.63, 3.8) is 0 Å². The zero-order valence-electron chi connectivity index (χ0n) is 28.0. The summed E-state index contributed by atoms with van der Waals surface area (Å²) in [5, 5.41) is 30.0. The number of phenolic OH excluding ortho intramolecular Hbond substituents is 2. The van der Waals surface area contributed by atoms with Crippen LogP contribution >= 0.6 is 0 Å². The highest BCUT2D eigenvalue weighted by atomic mass is 16.5. The molecule has 7 N–H and O–H groups in total. The molecule has 3 atom stereocenters. The van der Waals surface area contributed by atoms with Crippen molar-refractivity contribution in [1.82, 2.24) is 10.6 Å². The van der Waals surface area contributed by atoms with Crippen molar-refractivity contribution in [2.75, 3.05) is 53.3 Å². The van der Waals surface area contributed by atoms with E-state index < -0.39 is 0 Å². The number of ketones is 1. The van der Waals surface area contributed by atoms with Gasteiger partial charge in [0, 0.05) is 20.0 Å². The number of carbonyl (C=O) groups is 1. The fourth-order valence-electron chi connectivity index (χ4n) is 5.17. The number of guanidine groups is 1. The maximum absolute atomic E-state index is 13.0. The quantitative estimate of drug-likeness (QED) is 0.0369. The second-order valence-corrected chi connectivity index (χ2v) is 11.8. The minimum atomic E-state index is -0.0295. The third-order valence-electron chi connectivity index (χ3n) is 8.13. The first-order valence-corrected chi connectivity index (χ1v) is 16.0. The molecule has 10 nitrogen and oxygen atoms in total. The van der Waals surface area contributed by atoms with Crippen LogP contribution in [0.25, 0.3) is 0 Å². The van der Waals surface area contributed by atoms with Crippen molar-refractivity contribution in [1.29, 1.82) is 0 Å². The van der Waals surface area contributed by atoms with Gasteiger partial charge in [0.25, 0.3) is 0 Å². The Morgan fingerprint density at radius 1 is 1.02 bits per heavy atom. The zero-order valence-corrected chi connectivity index (χ0v) is 28.0. The van der Waals surface area contributed by atoms with Crippen LogP contribution in [-0.2, 0) is 17.6 Å². The van der Waals surface area contributed by atoms with E-state index in [-0.39, 0.29) is 29.2 Å². The Morgan fingerprint density at radius 2 is 1.76 bits per heavy atom. The molecule has 0 aromatic heterocycles. The van der Waals surface area contributed by atoms with Gasteiger partial charge in [-0.1, -0.05) is 45.3 Å². The van der Waals surface area contributed by atoms with E-state index in [9.17, 15) is 15.0 Å². The number of likely N-dealkylation sites (N-methyl/N-ethyl adjacent to an activating group) is 1. The molecule has 0 saturated carbocycles. The maximum Gasteiger partial charge on any atom is 0.192 e. The van der Waals surface area contributed by atoms with Gasteiger partial charge < -0.3 is 41.4 Å². The molecular formula is C35H55N5O5. The van der Waals surface area contributed by atoms with E-state index >= 15 is 0 Å². The average Bonchev–Trinajstić information content (AvgIpc) is 3.03. The summed E-state index contributed by atoms with van der Waals surface area (Å²) in [6, 6.07) is 8.88. The van der Waals surface area contributed by atoms with Crippen molar-refractivity contribution in [2.24, 2.45) is 28.5 Å². The van der Waals surface area contributed by atoms with Gasteiger partial charge in [0.05, 0.1) is 12.8 Å². The lowest BCUT2D eigenvalue weighted by atomic mass is 9.83. The Kier molecular flexibility index (Phi) is 16.9. The Balaban J connectivity index is 2.27. The molecule has 45 heavy (non-hydrogen) atoms. The van der Waals surface area contributed by atoms with Gasteiger partial charge in [0.15, 0.2) is 34.7 Å². The number of allylic oxidation sites excluding steroid dienone is 2. The number of benzene rings is 2. The summed E-state index contributed by atoms with van der Waals surface area (Å²) < 4.78 is 11.1. The highest BCUT2D eigenvalue weighted by molar-refractivity contribution is 5.94. The van der Waals surface area contributed by atoms with Gasteiger partial charge in [0.1, 0.15) is 6.61 Å². The summed E-state index contributed by atoms with van der Waals surface area (Å²) in [6.45, 7) is 6.57. The fraction of sp³-hybridized carbons (Fsp3) is 0.543. The van der Waals surface area contributed by atoms with Crippen LogP contribution in [0.4, 0.5) is 5.69 Å². The Labute approximate surface area is 269 Å². The lowest BCUT2D eigenvalue weighted by molar-refractivity contribution is -0.114. The first-order valence-electron chi connectivity index (χ1n) is 16.0. The fourth-order valence-corrected chi connectivity index (χ4v) is 5.17. The van der Waals surface area contributed by atoms with Crippen molar-refractivity contribution in [2.45, 2.75) is 58.8 Å². The highest BCUT2D eigenvalue weighted by Gasteiger charge is 2.20. The van der Waals surface area contributed by atoms with Crippen LogP contribution < -0.4 is 31.2 Å². The molecule has 0 aliphatic carbocycles. The molecule has 0 fully saturated rings. The molecule has 0 aliphatic rings. The summed E-state index contributed by atoms with van der Waals surface area (Å²) in [6.07, 6.45) is 9.74. The van der Waals surface area contributed by atoms with Crippen LogP contribution in [0.2, 0.25) is 0 Å². The van der Waals surface area contributed by atoms with Gasteiger partial charge >= 0.3 is 0 Å². The number of nitrogens with one attached hydrogen (secondary N) is 3. The molecular weight excluding hydrogens is 570 g/mol. The first-order chi connectivity index (χ1) is 21.6. The number of phenols is 2. The van der Waals surface area contributed by atoms with Crippen molar-refractivity contribution in [3.05, 3.63) is 53.6 Å². The number of nitrogens with two attached hydrogens (primary N) is 1. The number of hydrogen-bond donors (Lipinski definition) is 6. The molecule has 250 valence electrons. The second-order valence-electron chi connectivity index (χ2n) is 11.8. The molecule has 2 rings (SSSR count). The lowest BCUT2D eigenvalue weighted by Gasteiger charge is -2.23. The molecule has 2 aromatic rings. The standard InChI is InChI=1S/C35H55N5O5/c1-24(16-17-37-3)8-7-9-25(2)28(12-14-29(41)13-10-26-11-15-31(42)32(22-26)44-6)20-27-21-30(40-35(36)39-5)34(43)33(23-27)45-19-18-38-4/h11-12,14-15,21-25,28,37-38,42-43H,7-10,13,16-20H2,1-6H3,(H3,36,39,40)/b14-12+/t24-,25+,28-/m0/s1. The molecule has 10 heteroatoms. The summed E-state index contributed by atoms with van der Waals surface area (Å²) in [5.74, 6) is 2.06. The van der Waals surface area contributed by atoms with Gasteiger partial charge in [0.2, 0.25) is 0 Å². The summed E-state index contributed by atoms with van der Waals surface area (Å²) >= 11 is 0. The van der Waals surface area contributed by atoms with Crippen LogP contribution in [-0.4, -0.2) is 69.9 Å². The summed E-state index contributed by atoms with van der Waals surface area (Å²) in [4.78, 5) is 17.0. The van der Waals surface area contributed by atoms with Crippen molar-refractivity contribution >= 4 is 17.4 Å². The molecule has 0 amide bonds. The third kappa shape index (κ3) is 13.4. The first kappa shape index (κ1) is 37.4. The number of rotatable bonds is 21. The van der Waals surface area contributed by atoms with E-state index in [1.54, 1.807) is 31.3 Å². The predicted molar refractivity (Wildman–Crippen MR) is 184 cm³/mol. The largest absolute Gasteiger partial charge is 0.504 e. The van der Waals surface area contributed by atoms with Gasteiger partial charge in [-0.15, -0.1) is 0 Å². The normalized spacial score (nSPS) is 13.9. The van der Waals surface area contributed by atoms with Crippen LogP contribution in [0.5, 0.6) is 23.0 Å².